The number of hydrazine groups is 1. The van der Waals surface area contributed by atoms with Gasteiger partial charge in [0.25, 0.3) is 5.91 Å². The molecule has 2 fully saturated rings. The third-order valence-electron chi connectivity index (χ3n) is 5.71. The van der Waals surface area contributed by atoms with E-state index in [9.17, 15) is 4.79 Å². The van der Waals surface area contributed by atoms with Crippen molar-refractivity contribution in [2.45, 2.75) is 31.3 Å². The van der Waals surface area contributed by atoms with Crippen LogP contribution < -0.4 is 10.9 Å². The zero-order valence-electron chi connectivity index (χ0n) is 15.3. The number of benzene rings is 2. The van der Waals surface area contributed by atoms with Gasteiger partial charge in [-0.05, 0) is 55.0 Å². The molecule has 0 saturated carbocycles. The topological polar surface area (TPSA) is 68.2 Å². The summed E-state index contributed by atoms with van der Waals surface area (Å²) in [6, 6.07) is 20.2. The Labute approximate surface area is 160 Å². The third-order valence-corrected chi connectivity index (χ3v) is 5.71. The van der Waals surface area contributed by atoms with Crippen molar-refractivity contribution in [3.05, 3.63) is 71.3 Å². The van der Waals surface area contributed by atoms with Crippen molar-refractivity contribution < 1.29 is 4.79 Å². The maximum absolute atomic E-state index is 12.9. The highest BCUT2D eigenvalue weighted by Crippen LogP contribution is 2.30. The van der Waals surface area contributed by atoms with Crippen LogP contribution in [0.2, 0.25) is 0 Å². The van der Waals surface area contributed by atoms with Crippen molar-refractivity contribution in [1.29, 1.82) is 5.26 Å². The Bertz CT molecular complexity index is 828. The van der Waals surface area contributed by atoms with Gasteiger partial charge >= 0.3 is 0 Å². The normalized spacial score (nSPS) is 25.1. The first kappa shape index (κ1) is 17.7. The minimum absolute atomic E-state index is 0.0646. The second-order valence-electron chi connectivity index (χ2n) is 7.44. The van der Waals surface area contributed by atoms with E-state index < -0.39 is 0 Å². The third kappa shape index (κ3) is 3.87. The summed E-state index contributed by atoms with van der Waals surface area (Å²) in [4.78, 5) is 14.8. The van der Waals surface area contributed by atoms with E-state index in [1.54, 1.807) is 24.3 Å². The van der Waals surface area contributed by atoms with Crippen LogP contribution in [0, 0.1) is 17.2 Å². The molecule has 2 saturated heterocycles. The van der Waals surface area contributed by atoms with E-state index in [2.05, 4.69) is 41.2 Å². The summed E-state index contributed by atoms with van der Waals surface area (Å²) in [5.74, 6) is 0.511. The number of rotatable bonds is 3. The molecule has 2 aromatic carbocycles. The van der Waals surface area contributed by atoms with Gasteiger partial charge in [0.2, 0.25) is 0 Å². The number of amides is 1. The van der Waals surface area contributed by atoms with Crippen LogP contribution in [0.25, 0.3) is 0 Å². The summed E-state index contributed by atoms with van der Waals surface area (Å²) in [6.45, 7) is 1.58. The maximum atomic E-state index is 12.9. The summed E-state index contributed by atoms with van der Waals surface area (Å²) in [7, 11) is 0. The molecule has 0 bridgehead atoms. The van der Waals surface area contributed by atoms with Gasteiger partial charge in [-0.15, -0.1) is 0 Å². The quantitative estimate of drug-likeness (QED) is 0.883. The molecule has 138 valence electrons. The highest BCUT2D eigenvalue weighted by Gasteiger charge is 2.34. The minimum atomic E-state index is 0.0646. The number of nitrogens with one attached hydrogen (secondary N) is 2. The molecular weight excluding hydrogens is 336 g/mol. The number of nitrogens with zero attached hydrogens (tertiary/aromatic N) is 2. The Morgan fingerprint density at radius 1 is 1.07 bits per heavy atom. The Kier molecular flexibility index (Phi) is 5.19. The Hall–Kier alpha value is -2.68. The van der Waals surface area contributed by atoms with Crippen LogP contribution in [0.3, 0.4) is 0 Å². The van der Waals surface area contributed by atoms with Gasteiger partial charge in [0.1, 0.15) is 0 Å². The Morgan fingerprint density at radius 2 is 1.85 bits per heavy atom. The van der Waals surface area contributed by atoms with E-state index in [1.807, 2.05) is 11.0 Å². The summed E-state index contributed by atoms with van der Waals surface area (Å²) in [6.07, 6.45) is 3.20. The van der Waals surface area contributed by atoms with E-state index in [4.69, 9.17) is 5.26 Å². The number of carbonyl (C=O) groups is 1. The average Bonchev–Trinajstić information content (AvgIpc) is 3.24. The second kappa shape index (κ2) is 7.91. The fraction of sp³-hybridized carbons (Fsp3) is 0.364. The van der Waals surface area contributed by atoms with Gasteiger partial charge in [0.05, 0.1) is 11.6 Å². The van der Waals surface area contributed by atoms with Crippen molar-refractivity contribution >= 4 is 5.91 Å². The van der Waals surface area contributed by atoms with E-state index in [0.29, 0.717) is 29.1 Å². The highest BCUT2D eigenvalue weighted by molar-refractivity contribution is 5.94. The molecule has 0 aromatic heterocycles. The molecule has 5 heteroatoms. The molecule has 0 radical (unpaired) electrons. The maximum Gasteiger partial charge on any atom is 0.253 e. The van der Waals surface area contributed by atoms with Crippen molar-refractivity contribution in [3.8, 4) is 6.07 Å². The number of nitriles is 1. The zero-order valence-corrected chi connectivity index (χ0v) is 15.3. The molecule has 3 atom stereocenters. The van der Waals surface area contributed by atoms with Gasteiger partial charge in [0, 0.05) is 30.7 Å². The molecule has 5 nitrogen and oxygen atoms in total. The molecule has 3 unspecified atom stereocenters. The number of likely N-dealkylation sites (tertiary alicyclic amines) is 1. The van der Waals surface area contributed by atoms with Crippen molar-refractivity contribution in [1.82, 2.24) is 15.8 Å². The number of piperidine rings is 1. The van der Waals surface area contributed by atoms with Crippen molar-refractivity contribution in [2.75, 3.05) is 13.1 Å². The van der Waals surface area contributed by atoms with Crippen LogP contribution in [0.4, 0.5) is 0 Å². The first-order valence-electron chi connectivity index (χ1n) is 9.60. The summed E-state index contributed by atoms with van der Waals surface area (Å²) in [5, 5.41) is 8.92. The first-order valence-corrected chi connectivity index (χ1v) is 9.60. The molecule has 27 heavy (non-hydrogen) atoms. The smallest absolute Gasteiger partial charge is 0.253 e. The SMILES string of the molecule is N#Cc1ccc(C(=O)N2CCCC(C3CC(c4ccccc4)NN3)C2)cc1. The molecule has 2 heterocycles. The minimum Gasteiger partial charge on any atom is -0.338 e. The van der Waals surface area contributed by atoms with E-state index in [0.717, 1.165) is 32.4 Å². The molecule has 0 spiro atoms. The predicted octanol–water partition coefficient (Wildman–Crippen LogP) is 3.02. The summed E-state index contributed by atoms with van der Waals surface area (Å²) < 4.78 is 0. The van der Waals surface area contributed by atoms with Crippen LogP contribution >= 0.6 is 0 Å². The summed E-state index contributed by atoms with van der Waals surface area (Å²) in [5.41, 5.74) is 9.43. The van der Waals surface area contributed by atoms with Gasteiger partial charge in [-0.1, -0.05) is 30.3 Å². The van der Waals surface area contributed by atoms with Crippen molar-refractivity contribution in [2.24, 2.45) is 5.92 Å². The second-order valence-corrected chi connectivity index (χ2v) is 7.44. The molecule has 0 aliphatic carbocycles. The van der Waals surface area contributed by atoms with Gasteiger partial charge < -0.3 is 4.90 Å². The lowest BCUT2D eigenvalue weighted by molar-refractivity contribution is 0.0649. The zero-order chi connectivity index (χ0) is 18.6. The number of hydrogen-bond donors (Lipinski definition) is 2. The molecular formula is C22H24N4O. The van der Waals surface area contributed by atoms with Crippen LogP contribution in [0.15, 0.2) is 54.6 Å². The van der Waals surface area contributed by atoms with Gasteiger partial charge in [0.15, 0.2) is 0 Å². The van der Waals surface area contributed by atoms with Crippen LogP contribution in [0.5, 0.6) is 0 Å². The Morgan fingerprint density at radius 3 is 2.59 bits per heavy atom. The molecule has 1 amide bonds. The largest absolute Gasteiger partial charge is 0.338 e. The van der Waals surface area contributed by atoms with Crippen molar-refractivity contribution in [3.63, 3.8) is 0 Å². The van der Waals surface area contributed by atoms with Crippen LogP contribution in [-0.2, 0) is 0 Å². The highest BCUT2D eigenvalue weighted by atomic mass is 16.2. The lowest BCUT2D eigenvalue weighted by Gasteiger charge is -2.35. The fourth-order valence-electron chi connectivity index (χ4n) is 4.19. The molecule has 2 aliphatic rings. The predicted molar refractivity (Wildman–Crippen MR) is 104 cm³/mol. The standard InChI is InChI=1S/C22H24N4O/c23-14-16-8-10-18(11-9-16)22(27)26-12-4-7-19(15-26)21-13-20(24-25-21)17-5-2-1-3-6-17/h1-3,5-6,8-11,19-21,24-25H,4,7,12-13,15H2. The van der Waals surface area contributed by atoms with Crippen LogP contribution in [0.1, 0.15) is 46.8 Å². The lowest BCUT2D eigenvalue weighted by atomic mass is 9.87. The van der Waals surface area contributed by atoms with Gasteiger partial charge in [-0.3, -0.25) is 15.6 Å². The van der Waals surface area contributed by atoms with E-state index in [1.165, 1.54) is 5.56 Å². The van der Waals surface area contributed by atoms with Crippen LogP contribution in [-0.4, -0.2) is 29.9 Å². The summed E-state index contributed by atoms with van der Waals surface area (Å²) >= 11 is 0. The van der Waals surface area contributed by atoms with Gasteiger partial charge in [-0.25, -0.2) is 0 Å². The number of hydrogen-bond acceptors (Lipinski definition) is 4. The lowest BCUT2D eigenvalue weighted by Crippen LogP contribution is -2.47. The molecule has 2 N–H and O–H groups in total. The molecule has 2 aliphatic heterocycles. The van der Waals surface area contributed by atoms with Gasteiger partial charge in [-0.2, -0.15) is 5.26 Å². The number of carbonyl (C=O) groups excluding carboxylic acids is 1. The molecule has 2 aromatic rings. The average molecular weight is 360 g/mol. The first-order chi connectivity index (χ1) is 13.2. The monoisotopic (exact) mass is 360 g/mol. The fourth-order valence-corrected chi connectivity index (χ4v) is 4.19. The molecule has 4 rings (SSSR count). The van der Waals surface area contributed by atoms with E-state index in [-0.39, 0.29) is 5.91 Å². The van der Waals surface area contributed by atoms with E-state index >= 15 is 0 Å². The Balaban J connectivity index is 1.39.